The average Bonchev–Trinajstić information content (AvgIpc) is 2.87. The largest absolute Gasteiger partial charge is 0.384 e. The molecule has 4 nitrogen and oxygen atoms in total. The molecule has 0 radical (unpaired) electrons. The fourth-order valence-electron chi connectivity index (χ4n) is 2.62. The van der Waals surface area contributed by atoms with Crippen LogP contribution in [0.5, 0.6) is 0 Å². The molecule has 3 rings (SSSR count). The van der Waals surface area contributed by atoms with Gasteiger partial charge < -0.3 is 9.88 Å². The molecule has 1 unspecified atom stereocenters. The lowest BCUT2D eigenvalue weighted by Crippen LogP contribution is -2.24. The molecule has 0 fully saturated rings. The summed E-state index contributed by atoms with van der Waals surface area (Å²) in [5.41, 5.74) is 2.63. The van der Waals surface area contributed by atoms with E-state index in [1.807, 2.05) is 6.33 Å². The van der Waals surface area contributed by atoms with Crippen molar-refractivity contribution >= 4 is 5.69 Å². The maximum Gasteiger partial charge on any atom is 0.138 e. The highest BCUT2D eigenvalue weighted by atomic mass is 15.3. The Balaban J connectivity index is 1.85. The van der Waals surface area contributed by atoms with Crippen molar-refractivity contribution in [3.63, 3.8) is 0 Å². The second-order valence-electron chi connectivity index (χ2n) is 4.82. The fraction of sp³-hybridized carbons (Fsp3) is 0.429. The molecule has 4 heteroatoms. The van der Waals surface area contributed by atoms with E-state index in [4.69, 9.17) is 0 Å². The quantitative estimate of drug-likeness (QED) is 0.899. The topological polar surface area (TPSA) is 42.7 Å². The van der Waals surface area contributed by atoms with E-state index < -0.39 is 0 Å². The molecule has 0 aliphatic carbocycles. The Morgan fingerprint density at radius 3 is 3.17 bits per heavy atom. The van der Waals surface area contributed by atoms with Crippen LogP contribution in [-0.2, 0) is 13.0 Å². The van der Waals surface area contributed by atoms with Crippen molar-refractivity contribution < 1.29 is 0 Å². The second kappa shape index (κ2) is 4.80. The van der Waals surface area contributed by atoms with Crippen LogP contribution in [0, 0.1) is 0 Å². The van der Waals surface area contributed by atoms with Crippen molar-refractivity contribution in [3.8, 4) is 0 Å². The van der Waals surface area contributed by atoms with Crippen molar-refractivity contribution in [2.45, 2.75) is 32.2 Å². The molecule has 1 aromatic carbocycles. The molecule has 1 aromatic heterocycles. The summed E-state index contributed by atoms with van der Waals surface area (Å²) in [6.07, 6.45) is 4.01. The third-order valence-electron chi connectivity index (χ3n) is 3.50. The van der Waals surface area contributed by atoms with Crippen molar-refractivity contribution in [1.29, 1.82) is 0 Å². The zero-order valence-electron chi connectivity index (χ0n) is 10.6. The van der Waals surface area contributed by atoms with Crippen LogP contribution >= 0.6 is 0 Å². The Hall–Kier alpha value is -1.84. The van der Waals surface area contributed by atoms with Gasteiger partial charge in [0.2, 0.25) is 0 Å². The van der Waals surface area contributed by atoms with E-state index in [2.05, 4.69) is 51.3 Å². The number of benzene rings is 1. The normalized spacial score (nSPS) is 18.2. The minimum atomic E-state index is 0.425. The van der Waals surface area contributed by atoms with Gasteiger partial charge in [-0.05, 0) is 24.5 Å². The number of aryl methyl sites for hydroxylation is 1. The van der Waals surface area contributed by atoms with Crippen molar-refractivity contribution in [3.05, 3.63) is 42.0 Å². The van der Waals surface area contributed by atoms with E-state index >= 15 is 0 Å². The number of hydrogen-bond acceptors (Lipinski definition) is 3. The van der Waals surface area contributed by atoms with Crippen LogP contribution in [0.4, 0.5) is 5.69 Å². The van der Waals surface area contributed by atoms with Crippen molar-refractivity contribution in [1.82, 2.24) is 14.8 Å². The van der Waals surface area contributed by atoms with Gasteiger partial charge >= 0.3 is 0 Å². The highest BCUT2D eigenvalue weighted by Crippen LogP contribution is 2.29. The van der Waals surface area contributed by atoms with Crippen LogP contribution in [0.15, 0.2) is 30.6 Å². The number of rotatable bonds is 3. The molecule has 94 valence electrons. The second-order valence-corrected chi connectivity index (χ2v) is 4.82. The van der Waals surface area contributed by atoms with E-state index in [0.29, 0.717) is 5.92 Å². The van der Waals surface area contributed by atoms with Gasteiger partial charge in [-0.15, -0.1) is 10.2 Å². The molecule has 1 aliphatic heterocycles. The van der Waals surface area contributed by atoms with E-state index in [-0.39, 0.29) is 0 Å². The summed E-state index contributed by atoms with van der Waals surface area (Å²) in [4.78, 5) is 0. The van der Waals surface area contributed by atoms with E-state index in [1.165, 1.54) is 11.3 Å². The maximum absolute atomic E-state index is 4.30. The van der Waals surface area contributed by atoms with Crippen molar-refractivity contribution in [2.24, 2.45) is 0 Å². The summed E-state index contributed by atoms with van der Waals surface area (Å²) in [5.74, 6) is 1.54. The van der Waals surface area contributed by atoms with E-state index in [0.717, 1.165) is 31.8 Å². The summed E-state index contributed by atoms with van der Waals surface area (Å²) in [7, 11) is 0. The number of para-hydroxylation sites is 1. The highest BCUT2D eigenvalue weighted by molar-refractivity contribution is 5.53. The summed E-state index contributed by atoms with van der Waals surface area (Å²) in [5, 5.41) is 11.9. The molecule has 2 aromatic rings. The number of hydrogen-bond donors (Lipinski definition) is 1. The monoisotopic (exact) mass is 242 g/mol. The van der Waals surface area contributed by atoms with Crippen LogP contribution in [0.2, 0.25) is 0 Å². The molecule has 0 bridgehead atoms. The molecular weight excluding hydrogens is 224 g/mol. The van der Waals surface area contributed by atoms with Gasteiger partial charge in [0.25, 0.3) is 0 Å². The zero-order valence-corrected chi connectivity index (χ0v) is 10.6. The lowest BCUT2D eigenvalue weighted by molar-refractivity contribution is 0.568. The summed E-state index contributed by atoms with van der Waals surface area (Å²) in [6, 6.07) is 8.50. The number of nitrogens with one attached hydrogen (secondary N) is 1. The van der Waals surface area contributed by atoms with Gasteiger partial charge in [0.15, 0.2) is 0 Å². The van der Waals surface area contributed by atoms with Gasteiger partial charge in [-0.25, -0.2) is 0 Å². The van der Waals surface area contributed by atoms with Crippen LogP contribution in [0.25, 0.3) is 0 Å². The molecule has 0 saturated heterocycles. The van der Waals surface area contributed by atoms with Crippen LogP contribution < -0.4 is 5.32 Å². The van der Waals surface area contributed by atoms with Gasteiger partial charge in [-0.1, -0.05) is 25.1 Å². The first-order valence-corrected chi connectivity index (χ1v) is 6.58. The predicted octanol–water partition coefficient (Wildman–Crippen LogP) is 2.44. The first-order chi connectivity index (χ1) is 8.88. The van der Waals surface area contributed by atoms with E-state index in [9.17, 15) is 0 Å². The number of fused-ring (bicyclic) bond motifs is 1. The molecular formula is C14H18N4. The first-order valence-electron chi connectivity index (χ1n) is 6.58. The lowest BCUT2D eigenvalue weighted by atomic mass is 9.93. The number of aromatic nitrogens is 3. The van der Waals surface area contributed by atoms with Gasteiger partial charge in [0.05, 0.1) is 0 Å². The SMILES string of the molecule is CCCn1cnnc1C1CNc2ccccc2C1. The van der Waals surface area contributed by atoms with Crippen molar-refractivity contribution in [2.75, 3.05) is 11.9 Å². The summed E-state index contributed by atoms with van der Waals surface area (Å²) >= 11 is 0. The zero-order chi connectivity index (χ0) is 12.4. The number of anilines is 1. The predicted molar refractivity (Wildman–Crippen MR) is 71.7 cm³/mol. The third kappa shape index (κ3) is 1.98. The minimum absolute atomic E-state index is 0.425. The Kier molecular flexibility index (Phi) is 3.00. The lowest BCUT2D eigenvalue weighted by Gasteiger charge is -2.25. The Labute approximate surface area is 107 Å². The smallest absolute Gasteiger partial charge is 0.138 e. The fourth-order valence-corrected chi connectivity index (χ4v) is 2.62. The molecule has 18 heavy (non-hydrogen) atoms. The van der Waals surface area contributed by atoms with E-state index in [1.54, 1.807) is 0 Å². The van der Waals surface area contributed by atoms with Gasteiger partial charge in [0.1, 0.15) is 12.2 Å². The van der Waals surface area contributed by atoms with Gasteiger partial charge in [-0.3, -0.25) is 0 Å². The Morgan fingerprint density at radius 1 is 1.39 bits per heavy atom. The standard InChI is InChI=1S/C14H18N4/c1-2-7-18-10-16-17-14(18)12-8-11-5-3-4-6-13(11)15-9-12/h3-6,10,12,15H,2,7-9H2,1H3. The van der Waals surface area contributed by atoms with Crippen LogP contribution in [-0.4, -0.2) is 21.3 Å². The van der Waals surface area contributed by atoms with Gasteiger partial charge in [0, 0.05) is 24.7 Å². The van der Waals surface area contributed by atoms with Crippen LogP contribution in [0.1, 0.15) is 30.7 Å². The molecule has 1 N–H and O–H groups in total. The van der Waals surface area contributed by atoms with Crippen LogP contribution in [0.3, 0.4) is 0 Å². The molecule has 2 heterocycles. The molecule has 1 aliphatic rings. The average molecular weight is 242 g/mol. The summed E-state index contributed by atoms with van der Waals surface area (Å²) in [6.45, 7) is 4.12. The highest BCUT2D eigenvalue weighted by Gasteiger charge is 2.23. The summed E-state index contributed by atoms with van der Waals surface area (Å²) < 4.78 is 2.18. The molecule has 0 saturated carbocycles. The molecule has 1 atom stereocenters. The third-order valence-corrected chi connectivity index (χ3v) is 3.50. The molecule has 0 spiro atoms. The Bertz CT molecular complexity index is 532. The minimum Gasteiger partial charge on any atom is -0.384 e. The Morgan fingerprint density at radius 2 is 2.28 bits per heavy atom. The molecule has 0 amide bonds. The first kappa shape index (κ1) is 11.3. The van der Waals surface area contributed by atoms with Gasteiger partial charge in [-0.2, -0.15) is 0 Å². The maximum atomic E-state index is 4.30. The number of nitrogens with zero attached hydrogens (tertiary/aromatic N) is 3.